The molecule has 0 radical (unpaired) electrons. The third-order valence-corrected chi connectivity index (χ3v) is 2.68. The summed E-state index contributed by atoms with van der Waals surface area (Å²) in [4.78, 5) is 16.2. The molecule has 0 aliphatic heterocycles. The molecule has 8 heteroatoms. The number of carboxylic acids is 1. The maximum absolute atomic E-state index is 11.0. The van der Waals surface area contributed by atoms with Crippen molar-refractivity contribution in [2.45, 2.75) is 26.1 Å². The first-order valence-corrected chi connectivity index (χ1v) is 5.19. The van der Waals surface area contributed by atoms with E-state index in [0.29, 0.717) is 11.3 Å². The number of azide groups is 1. The number of nitrogens with one attached hydrogen (secondary N) is 1. The summed E-state index contributed by atoms with van der Waals surface area (Å²) in [5.74, 6) is -1.11. The van der Waals surface area contributed by atoms with Crippen LogP contribution < -0.4 is 0 Å². The predicted molar refractivity (Wildman–Crippen MR) is 62.2 cm³/mol. The molecule has 1 aromatic rings. The maximum Gasteiger partial charge on any atom is 0.337 e. The minimum atomic E-state index is -1.33. The third-order valence-electron chi connectivity index (χ3n) is 2.68. The first kappa shape index (κ1) is 14.0. The zero-order valence-corrected chi connectivity index (χ0v) is 9.95. The van der Waals surface area contributed by atoms with Gasteiger partial charge in [-0.3, -0.25) is 0 Å². The molecule has 0 spiro atoms. The molecule has 2 atom stereocenters. The van der Waals surface area contributed by atoms with E-state index < -0.39 is 18.2 Å². The van der Waals surface area contributed by atoms with E-state index in [1.165, 1.54) is 6.92 Å². The number of aryl methyl sites for hydroxylation is 1. The van der Waals surface area contributed by atoms with Crippen molar-refractivity contribution in [3.05, 3.63) is 33.0 Å². The normalized spacial score (nSPS) is 13.8. The van der Waals surface area contributed by atoms with E-state index in [9.17, 15) is 15.0 Å². The molecule has 0 aliphatic carbocycles. The van der Waals surface area contributed by atoms with E-state index in [1.807, 2.05) is 0 Å². The topological polar surface area (TPSA) is 142 Å². The van der Waals surface area contributed by atoms with Crippen LogP contribution in [0.25, 0.3) is 10.4 Å². The molecule has 18 heavy (non-hydrogen) atoms. The summed E-state index contributed by atoms with van der Waals surface area (Å²) < 4.78 is 0. The number of carboxylic acid groups (broad SMARTS) is 1. The largest absolute Gasteiger partial charge is 0.478 e. The van der Waals surface area contributed by atoms with Crippen LogP contribution in [0.1, 0.15) is 33.4 Å². The Labute approximate surface area is 103 Å². The highest BCUT2D eigenvalue weighted by atomic mass is 16.4. The summed E-state index contributed by atoms with van der Waals surface area (Å²) in [6.07, 6.45) is -2.62. The average Bonchev–Trinajstić information content (AvgIpc) is 2.60. The van der Waals surface area contributed by atoms with Gasteiger partial charge in [0.2, 0.25) is 0 Å². The van der Waals surface area contributed by atoms with Crippen LogP contribution in [-0.2, 0) is 0 Å². The van der Waals surface area contributed by atoms with E-state index in [0.717, 1.165) is 0 Å². The van der Waals surface area contributed by atoms with Crippen molar-refractivity contribution in [2.24, 2.45) is 5.11 Å². The summed E-state index contributed by atoms with van der Waals surface area (Å²) >= 11 is 0. The number of carbonyl (C=O) groups is 1. The Bertz CT molecular complexity index is 504. The van der Waals surface area contributed by atoms with E-state index in [4.69, 9.17) is 10.6 Å². The van der Waals surface area contributed by atoms with Gasteiger partial charge in [0.25, 0.3) is 0 Å². The van der Waals surface area contributed by atoms with Gasteiger partial charge in [-0.05, 0) is 24.9 Å². The molecule has 1 aromatic heterocycles. The molecule has 0 saturated carbocycles. The summed E-state index contributed by atoms with van der Waals surface area (Å²) in [7, 11) is 0. The first-order valence-electron chi connectivity index (χ1n) is 5.19. The van der Waals surface area contributed by atoms with Crippen molar-refractivity contribution in [1.82, 2.24) is 4.98 Å². The van der Waals surface area contributed by atoms with Gasteiger partial charge in [-0.1, -0.05) is 5.11 Å². The second-order valence-electron chi connectivity index (χ2n) is 3.89. The fourth-order valence-corrected chi connectivity index (χ4v) is 1.80. The molecule has 4 N–H and O–H groups in total. The Morgan fingerprint density at radius 2 is 2.11 bits per heavy atom. The zero-order chi connectivity index (χ0) is 13.9. The Morgan fingerprint density at radius 1 is 1.50 bits per heavy atom. The van der Waals surface area contributed by atoms with Crippen molar-refractivity contribution in [3.8, 4) is 0 Å². The summed E-state index contributed by atoms with van der Waals surface area (Å²) in [5, 5.41) is 31.6. The number of aromatic carboxylic acids is 1. The van der Waals surface area contributed by atoms with Gasteiger partial charge in [0.15, 0.2) is 0 Å². The number of aromatic amines is 1. The van der Waals surface area contributed by atoms with Gasteiger partial charge in [-0.15, -0.1) is 0 Å². The molecule has 0 amide bonds. The van der Waals surface area contributed by atoms with Crippen LogP contribution in [0.4, 0.5) is 0 Å². The van der Waals surface area contributed by atoms with Crippen molar-refractivity contribution >= 4 is 5.97 Å². The highest BCUT2D eigenvalue weighted by Crippen LogP contribution is 2.25. The summed E-state index contributed by atoms with van der Waals surface area (Å²) in [6.45, 7) is 2.80. The lowest BCUT2D eigenvalue weighted by molar-refractivity contribution is 0.0216. The molecule has 1 heterocycles. The molecule has 0 saturated heterocycles. The van der Waals surface area contributed by atoms with Gasteiger partial charge in [-0.25, -0.2) is 4.79 Å². The molecular weight excluding hydrogens is 240 g/mol. The summed E-state index contributed by atoms with van der Waals surface area (Å²) in [6, 6.07) is 0. The lowest BCUT2D eigenvalue weighted by Gasteiger charge is -2.15. The number of aromatic nitrogens is 1. The monoisotopic (exact) mass is 254 g/mol. The lowest BCUT2D eigenvalue weighted by atomic mass is 10.0. The summed E-state index contributed by atoms with van der Waals surface area (Å²) in [5.41, 5.74) is 9.15. The Kier molecular flexibility index (Phi) is 4.33. The maximum atomic E-state index is 11.0. The Balaban J connectivity index is 3.07. The molecular formula is C10H14N4O4. The molecule has 2 unspecified atom stereocenters. The Hall–Kier alpha value is -2.02. The van der Waals surface area contributed by atoms with Gasteiger partial charge in [-0.2, -0.15) is 0 Å². The number of rotatable bonds is 5. The third kappa shape index (κ3) is 2.62. The lowest BCUT2D eigenvalue weighted by Crippen LogP contribution is -2.22. The quantitative estimate of drug-likeness (QED) is 0.353. The van der Waals surface area contributed by atoms with Crippen LogP contribution >= 0.6 is 0 Å². The van der Waals surface area contributed by atoms with Crippen molar-refractivity contribution in [1.29, 1.82) is 0 Å². The fraction of sp³-hybridized carbons (Fsp3) is 0.500. The molecule has 0 bridgehead atoms. The van der Waals surface area contributed by atoms with Crippen LogP contribution in [-0.4, -0.2) is 38.9 Å². The van der Waals surface area contributed by atoms with E-state index in [-0.39, 0.29) is 17.8 Å². The van der Waals surface area contributed by atoms with Gasteiger partial charge < -0.3 is 20.3 Å². The van der Waals surface area contributed by atoms with Crippen LogP contribution in [0.3, 0.4) is 0 Å². The highest BCUT2D eigenvalue weighted by molar-refractivity contribution is 5.91. The van der Waals surface area contributed by atoms with Crippen LogP contribution in [0, 0.1) is 13.8 Å². The van der Waals surface area contributed by atoms with Crippen LogP contribution in [0.5, 0.6) is 0 Å². The minimum absolute atomic E-state index is 0.0695. The SMILES string of the molecule is Cc1[nH]c(C(O)C(O)CN=[N+]=[N-])c(C)c1C(=O)O. The van der Waals surface area contributed by atoms with E-state index in [2.05, 4.69) is 15.0 Å². The van der Waals surface area contributed by atoms with Crippen molar-refractivity contribution in [2.75, 3.05) is 6.54 Å². The van der Waals surface area contributed by atoms with E-state index in [1.54, 1.807) is 6.92 Å². The van der Waals surface area contributed by atoms with E-state index >= 15 is 0 Å². The number of aliphatic hydroxyl groups excluding tert-OH is 2. The highest BCUT2D eigenvalue weighted by Gasteiger charge is 2.25. The van der Waals surface area contributed by atoms with Crippen molar-refractivity contribution in [3.63, 3.8) is 0 Å². The number of aliphatic hydroxyl groups is 2. The predicted octanol–water partition coefficient (Wildman–Crippen LogP) is 1.03. The molecule has 8 nitrogen and oxygen atoms in total. The number of hydrogen-bond donors (Lipinski definition) is 4. The Morgan fingerprint density at radius 3 is 2.56 bits per heavy atom. The number of H-pyrrole nitrogens is 1. The molecule has 1 rings (SSSR count). The minimum Gasteiger partial charge on any atom is -0.478 e. The van der Waals surface area contributed by atoms with Crippen molar-refractivity contribution < 1.29 is 20.1 Å². The fourth-order valence-electron chi connectivity index (χ4n) is 1.80. The first-order chi connectivity index (χ1) is 8.40. The number of hydrogen-bond acceptors (Lipinski definition) is 4. The second-order valence-corrected chi connectivity index (χ2v) is 3.89. The van der Waals surface area contributed by atoms with Gasteiger partial charge in [0.05, 0.1) is 23.9 Å². The van der Waals surface area contributed by atoms with Gasteiger partial charge in [0.1, 0.15) is 6.10 Å². The molecule has 98 valence electrons. The van der Waals surface area contributed by atoms with Crippen LogP contribution in [0.15, 0.2) is 5.11 Å². The molecule has 0 aliphatic rings. The zero-order valence-electron chi connectivity index (χ0n) is 9.95. The smallest absolute Gasteiger partial charge is 0.337 e. The number of nitrogens with zero attached hydrogens (tertiary/aromatic N) is 3. The van der Waals surface area contributed by atoms with Crippen LogP contribution in [0.2, 0.25) is 0 Å². The molecule has 0 aromatic carbocycles. The standard InChI is InChI=1S/C10H14N4O4/c1-4-7(10(17)18)5(2)13-8(4)9(16)6(15)3-12-14-11/h6,9,13,15-16H,3H2,1-2H3,(H,17,18). The second kappa shape index (κ2) is 5.54. The average molecular weight is 254 g/mol. The molecule has 0 fully saturated rings. The van der Waals surface area contributed by atoms with Gasteiger partial charge in [0, 0.05) is 10.6 Å². The van der Waals surface area contributed by atoms with Gasteiger partial charge >= 0.3 is 5.97 Å².